The first-order chi connectivity index (χ1) is 9.54. The van der Waals surface area contributed by atoms with Gasteiger partial charge in [-0.15, -0.1) is 5.10 Å². The van der Waals surface area contributed by atoms with Crippen molar-refractivity contribution in [3.63, 3.8) is 0 Å². The Morgan fingerprint density at radius 3 is 2.90 bits per heavy atom. The SMILES string of the molecule is CCc1cc(CCNC(=O)C(C)(C)n2cnnn2)on1. The van der Waals surface area contributed by atoms with Gasteiger partial charge in [-0.25, -0.2) is 4.68 Å². The van der Waals surface area contributed by atoms with Crippen molar-refractivity contribution in [1.29, 1.82) is 0 Å². The molecule has 0 spiro atoms. The van der Waals surface area contributed by atoms with E-state index in [1.165, 1.54) is 11.0 Å². The van der Waals surface area contributed by atoms with E-state index < -0.39 is 5.54 Å². The molecule has 1 amide bonds. The Morgan fingerprint density at radius 1 is 1.50 bits per heavy atom. The third-order valence-corrected chi connectivity index (χ3v) is 3.10. The zero-order chi connectivity index (χ0) is 14.6. The van der Waals surface area contributed by atoms with Crippen molar-refractivity contribution in [2.75, 3.05) is 6.54 Å². The average molecular weight is 278 g/mol. The summed E-state index contributed by atoms with van der Waals surface area (Å²) in [5, 5.41) is 17.6. The summed E-state index contributed by atoms with van der Waals surface area (Å²) in [6.07, 6.45) is 2.86. The summed E-state index contributed by atoms with van der Waals surface area (Å²) in [4.78, 5) is 12.1. The number of aromatic nitrogens is 5. The van der Waals surface area contributed by atoms with Crippen molar-refractivity contribution in [1.82, 2.24) is 30.7 Å². The van der Waals surface area contributed by atoms with Crippen LogP contribution in [0.4, 0.5) is 0 Å². The van der Waals surface area contributed by atoms with Crippen molar-refractivity contribution in [2.45, 2.75) is 39.2 Å². The Hall–Kier alpha value is -2.25. The highest BCUT2D eigenvalue weighted by atomic mass is 16.5. The highest BCUT2D eigenvalue weighted by Gasteiger charge is 2.30. The van der Waals surface area contributed by atoms with Gasteiger partial charge in [0, 0.05) is 19.0 Å². The molecule has 0 radical (unpaired) electrons. The number of amides is 1. The quantitative estimate of drug-likeness (QED) is 0.817. The van der Waals surface area contributed by atoms with Crippen LogP contribution in [0.3, 0.4) is 0 Å². The van der Waals surface area contributed by atoms with Gasteiger partial charge in [-0.3, -0.25) is 4.79 Å². The van der Waals surface area contributed by atoms with Crippen molar-refractivity contribution in [2.24, 2.45) is 0 Å². The Labute approximate surface area is 116 Å². The van der Waals surface area contributed by atoms with E-state index in [0.717, 1.165) is 17.9 Å². The largest absolute Gasteiger partial charge is 0.361 e. The lowest BCUT2D eigenvalue weighted by atomic mass is 10.1. The summed E-state index contributed by atoms with van der Waals surface area (Å²) in [7, 11) is 0. The topological polar surface area (TPSA) is 98.7 Å². The summed E-state index contributed by atoms with van der Waals surface area (Å²) in [6.45, 7) is 5.99. The Morgan fingerprint density at radius 2 is 2.30 bits per heavy atom. The van der Waals surface area contributed by atoms with Gasteiger partial charge in [-0.1, -0.05) is 12.1 Å². The monoisotopic (exact) mass is 278 g/mol. The normalized spacial score (nSPS) is 11.6. The van der Waals surface area contributed by atoms with E-state index in [2.05, 4.69) is 26.0 Å². The van der Waals surface area contributed by atoms with Gasteiger partial charge < -0.3 is 9.84 Å². The maximum Gasteiger partial charge on any atom is 0.247 e. The minimum atomic E-state index is -0.834. The fourth-order valence-corrected chi connectivity index (χ4v) is 1.68. The molecular formula is C12H18N6O2. The van der Waals surface area contributed by atoms with Crippen molar-refractivity contribution < 1.29 is 9.32 Å². The lowest BCUT2D eigenvalue weighted by molar-refractivity contribution is -0.128. The number of tetrazole rings is 1. The van der Waals surface area contributed by atoms with Crippen LogP contribution < -0.4 is 5.32 Å². The van der Waals surface area contributed by atoms with Gasteiger partial charge in [0.25, 0.3) is 0 Å². The molecule has 0 unspecified atom stereocenters. The van der Waals surface area contributed by atoms with E-state index in [0.29, 0.717) is 13.0 Å². The van der Waals surface area contributed by atoms with Crippen LogP contribution in [0.2, 0.25) is 0 Å². The summed E-state index contributed by atoms with van der Waals surface area (Å²) in [5.41, 5.74) is 0.0832. The third kappa shape index (κ3) is 3.01. The van der Waals surface area contributed by atoms with Crippen LogP contribution >= 0.6 is 0 Å². The second kappa shape index (κ2) is 5.81. The van der Waals surface area contributed by atoms with Crippen molar-refractivity contribution in [3.8, 4) is 0 Å². The number of carbonyl (C=O) groups excluding carboxylic acids is 1. The van der Waals surface area contributed by atoms with Gasteiger partial charge in [0.05, 0.1) is 5.69 Å². The van der Waals surface area contributed by atoms with E-state index in [-0.39, 0.29) is 5.91 Å². The molecule has 0 aliphatic carbocycles. The fraction of sp³-hybridized carbons (Fsp3) is 0.583. The number of nitrogens with one attached hydrogen (secondary N) is 1. The highest BCUT2D eigenvalue weighted by molar-refractivity contribution is 5.83. The number of rotatable bonds is 6. The molecule has 1 N–H and O–H groups in total. The van der Waals surface area contributed by atoms with Crippen LogP contribution in [0, 0.1) is 0 Å². The Balaban J connectivity index is 1.86. The number of hydrogen-bond acceptors (Lipinski definition) is 6. The summed E-state index contributed by atoms with van der Waals surface area (Å²) >= 11 is 0. The maximum atomic E-state index is 12.1. The van der Waals surface area contributed by atoms with Gasteiger partial charge in [-0.2, -0.15) is 0 Å². The van der Waals surface area contributed by atoms with Gasteiger partial charge >= 0.3 is 0 Å². The molecule has 0 fully saturated rings. The van der Waals surface area contributed by atoms with Gasteiger partial charge in [0.2, 0.25) is 5.91 Å². The number of aryl methyl sites for hydroxylation is 1. The second-order valence-corrected chi connectivity index (χ2v) is 4.96. The standard InChI is InChI=1S/C12H18N6O2/c1-4-9-7-10(20-15-9)5-6-13-11(19)12(2,3)18-8-14-16-17-18/h7-8H,4-6H2,1-3H3,(H,13,19). The number of nitrogens with zero attached hydrogens (tertiary/aromatic N) is 5. The number of hydrogen-bond donors (Lipinski definition) is 1. The predicted molar refractivity (Wildman–Crippen MR) is 69.7 cm³/mol. The van der Waals surface area contributed by atoms with E-state index >= 15 is 0 Å². The molecule has 2 aromatic heterocycles. The van der Waals surface area contributed by atoms with E-state index in [1.54, 1.807) is 13.8 Å². The van der Waals surface area contributed by atoms with E-state index in [9.17, 15) is 4.79 Å². The summed E-state index contributed by atoms with van der Waals surface area (Å²) in [6, 6.07) is 1.90. The van der Waals surface area contributed by atoms with Gasteiger partial charge in [-0.05, 0) is 30.7 Å². The molecule has 2 heterocycles. The zero-order valence-corrected chi connectivity index (χ0v) is 11.8. The molecular weight excluding hydrogens is 260 g/mol. The molecule has 0 saturated carbocycles. The first-order valence-corrected chi connectivity index (χ1v) is 6.50. The minimum absolute atomic E-state index is 0.153. The molecule has 108 valence electrons. The lowest BCUT2D eigenvalue weighted by Gasteiger charge is -2.22. The van der Waals surface area contributed by atoms with Gasteiger partial charge in [0.1, 0.15) is 17.6 Å². The lowest BCUT2D eigenvalue weighted by Crippen LogP contribution is -2.45. The first kappa shape index (κ1) is 14.2. The first-order valence-electron chi connectivity index (χ1n) is 6.50. The molecule has 0 aromatic carbocycles. The van der Waals surface area contributed by atoms with Crippen LogP contribution in [0.5, 0.6) is 0 Å². The Kier molecular flexibility index (Phi) is 4.11. The van der Waals surface area contributed by atoms with Crippen LogP contribution in [-0.4, -0.2) is 37.8 Å². The average Bonchev–Trinajstić information content (AvgIpc) is 3.10. The molecule has 8 nitrogen and oxygen atoms in total. The second-order valence-electron chi connectivity index (χ2n) is 4.96. The molecule has 2 rings (SSSR count). The summed E-state index contributed by atoms with van der Waals surface area (Å²) in [5.74, 6) is 0.613. The third-order valence-electron chi connectivity index (χ3n) is 3.10. The molecule has 0 bridgehead atoms. The fourth-order valence-electron chi connectivity index (χ4n) is 1.68. The summed E-state index contributed by atoms with van der Waals surface area (Å²) < 4.78 is 6.58. The molecule has 20 heavy (non-hydrogen) atoms. The predicted octanol–water partition coefficient (Wildman–Crippen LogP) is 0.317. The zero-order valence-electron chi connectivity index (χ0n) is 11.8. The van der Waals surface area contributed by atoms with E-state index in [1.807, 2.05) is 13.0 Å². The molecule has 0 atom stereocenters. The van der Waals surface area contributed by atoms with Crippen LogP contribution in [0.1, 0.15) is 32.2 Å². The molecule has 0 aliphatic rings. The maximum absolute atomic E-state index is 12.1. The van der Waals surface area contributed by atoms with Crippen molar-refractivity contribution >= 4 is 5.91 Å². The number of carbonyl (C=O) groups is 1. The van der Waals surface area contributed by atoms with Crippen molar-refractivity contribution in [3.05, 3.63) is 23.8 Å². The highest BCUT2D eigenvalue weighted by Crippen LogP contribution is 2.12. The minimum Gasteiger partial charge on any atom is -0.361 e. The van der Waals surface area contributed by atoms with Crippen LogP contribution in [0.15, 0.2) is 16.9 Å². The molecule has 0 aliphatic heterocycles. The smallest absolute Gasteiger partial charge is 0.247 e. The molecule has 2 aromatic rings. The molecule has 8 heteroatoms. The van der Waals surface area contributed by atoms with Crippen LogP contribution in [-0.2, 0) is 23.2 Å². The Bertz CT molecular complexity index is 560. The van der Waals surface area contributed by atoms with Gasteiger partial charge in [0.15, 0.2) is 0 Å². The van der Waals surface area contributed by atoms with E-state index in [4.69, 9.17) is 4.52 Å². The molecule has 0 saturated heterocycles. The van der Waals surface area contributed by atoms with Crippen LogP contribution in [0.25, 0.3) is 0 Å².